The molecular weight excluding hydrogens is 412 g/mol. The molecule has 1 aromatic carbocycles. The number of nitrogens with one attached hydrogen (secondary N) is 1. The molecule has 0 bridgehead atoms. The van der Waals surface area contributed by atoms with Crippen molar-refractivity contribution in [3.63, 3.8) is 0 Å². The van der Waals surface area contributed by atoms with Crippen molar-refractivity contribution in [1.29, 1.82) is 0 Å². The minimum absolute atomic E-state index is 0.126. The Morgan fingerprint density at radius 3 is 2.65 bits per heavy atom. The highest BCUT2D eigenvalue weighted by molar-refractivity contribution is 7.10. The van der Waals surface area contributed by atoms with Gasteiger partial charge in [-0.2, -0.15) is 0 Å². The number of methoxy groups -OCH3 is 1. The molecule has 160 valence electrons. The molecule has 7 nitrogen and oxygen atoms in total. The summed E-state index contributed by atoms with van der Waals surface area (Å²) in [5.74, 6) is -0.134. The Morgan fingerprint density at radius 2 is 1.97 bits per heavy atom. The SMILES string of the molecule is COc1ccccc1N(C(=O)c1cnccn1)C(C(=O)NC1CCCC1)c1cccs1. The summed E-state index contributed by atoms with van der Waals surface area (Å²) in [6, 6.07) is 10.2. The third-order valence-electron chi connectivity index (χ3n) is 5.37. The van der Waals surface area contributed by atoms with E-state index in [4.69, 9.17) is 4.74 Å². The fourth-order valence-electron chi connectivity index (χ4n) is 3.90. The van der Waals surface area contributed by atoms with E-state index in [0.29, 0.717) is 11.4 Å². The molecule has 3 aromatic rings. The molecular formula is C23H24N4O3S. The van der Waals surface area contributed by atoms with E-state index < -0.39 is 11.9 Å². The van der Waals surface area contributed by atoms with Gasteiger partial charge in [0.05, 0.1) is 19.0 Å². The zero-order chi connectivity index (χ0) is 21.6. The number of ether oxygens (including phenoxy) is 1. The van der Waals surface area contributed by atoms with E-state index in [2.05, 4.69) is 15.3 Å². The normalized spacial score (nSPS) is 14.7. The van der Waals surface area contributed by atoms with Crippen LogP contribution in [0, 0.1) is 0 Å². The van der Waals surface area contributed by atoms with Crippen LogP contribution in [0.25, 0.3) is 0 Å². The first-order valence-corrected chi connectivity index (χ1v) is 11.1. The first-order valence-electron chi connectivity index (χ1n) is 10.3. The number of rotatable bonds is 7. The average molecular weight is 437 g/mol. The van der Waals surface area contributed by atoms with Gasteiger partial charge in [-0.3, -0.25) is 19.5 Å². The van der Waals surface area contributed by atoms with Crippen LogP contribution in [0.4, 0.5) is 5.69 Å². The number of hydrogen-bond acceptors (Lipinski definition) is 6. The van der Waals surface area contributed by atoms with Crippen LogP contribution in [0.15, 0.2) is 60.4 Å². The number of nitrogens with zero attached hydrogens (tertiary/aromatic N) is 3. The van der Waals surface area contributed by atoms with Gasteiger partial charge in [0.2, 0.25) is 5.91 Å². The van der Waals surface area contributed by atoms with E-state index in [1.54, 1.807) is 19.2 Å². The zero-order valence-electron chi connectivity index (χ0n) is 17.2. The van der Waals surface area contributed by atoms with E-state index in [1.165, 1.54) is 34.8 Å². The molecule has 0 saturated heterocycles. The summed E-state index contributed by atoms with van der Waals surface area (Å²) in [5, 5.41) is 5.06. The molecule has 1 unspecified atom stereocenters. The quantitative estimate of drug-likeness (QED) is 0.605. The van der Waals surface area contributed by atoms with Crippen molar-refractivity contribution in [2.75, 3.05) is 12.0 Å². The van der Waals surface area contributed by atoms with Gasteiger partial charge in [0.15, 0.2) is 6.04 Å². The fourth-order valence-corrected chi connectivity index (χ4v) is 4.71. The molecule has 0 radical (unpaired) electrons. The summed E-state index contributed by atoms with van der Waals surface area (Å²) in [5.41, 5.74) is 0.657. The number of anilines is 1. The molecule has 1 aliphatic carbocycles. The second kappa shape index (κ2) is 9.70. The van der Waals surface area contributed by atoms with Crippen molar-refractivity contribution in [3.8, 4) is 5.75 Å². The van der Waals surface area contributed by atoms with Gasteiger partial charge in [0.1, 0.15) is 11.4 Å². The lowest BCUT2D eigenvalue weighted by Crippen LogP contribution is -2.46. The van der Waals surface area contributed by atoms with Crippen LogP contribution in [0.2, 0.25) is 0 Å². The highest BCUT2D eigenvalue weighted by Crippen LogP contribution is 2.37. The average Bonchev–Trinajstić information content (AvgIpc) is 3.52. The number of aromatic nitrogens is 2. The first-order chi connectivity index (χ1) is 15.2. The summed E-state index contributed by atoms with van der Waals surface area (Å²) in [6.07, 6.45) is 8.49. The molecule has 2 aromatic heterocycles. The molecule has 0 spiro atoms. The third kappa shape index (κ3) is 4.59. The molecule has 1 saturated carbocycles. The lowest BCUT2D eigenvalue weighted by atomic mass is 10.1. The first kappa shape index (κ1) is 21.0. The van der Waals surface area contributed by atoms with E-state index in [1.807, 2.05) is 29.6 Å². The molecule has 4 rings (SSSR count). The smallest absolute Gasteiger partial charge is 0.279 e. The Morgan fingerprint density at radius 1 is 1.16 bits per heavy atom. The number of benzene rings is 1. The van der Waals surface area contributed by atoms with Crippen molar-refractivity contribution in [1.82, 2.24) is 15.3 Å². The monoisotopic (exact) mass is 436 g/mol. The number of thiophene rings is 1. The van der Waals surface area contributed by atoms with Crippen LogP contribution in [0.5, 0.6) is 5.75 Å². The second-order valence-corrected chi connectivity index (χ2v) is 8.32. The van der Waals surface area contributed by atoms with Gasteiger partial charge in [0, 0.05) is 23.3 Å². The van der Waals surface area contributed by atoms with Gasteiger partial charge in [-0.15, -0.1) is 11.3 Å². The van der Waals surface area contributed by atoms with E-state index >= 15 is 0 Å². The molecule has 1 atom stereocenters. The molecule has 1 fully saturated rings. The summed E-state index contributed by atoms with van der Waals surface area (Å²) in [7, 11) is 1.54. The van der Waals surface area contributed by atoms with Crippen LogP contribution in [-0.2, 0) is 4.79 Å². The topological polar surface area (TPSA) is 84.4 Å². The zero-order valence-corrected chi connectivity index (χ0v) is 18.0. The van der Waals surface area contributed by atoms with Gasteiger partial charge >= 0.3 is 0 Å². The van der Waals surface area contributed by atoms with Crippen LogP contribution in [-0.4, -0.2) is 34.9 Å². The summed E-state index contributed by atoms with van der Waals surface area (Å²) >= 11 is 1.43. The number of carbonyl (C=O) groups excluding carboxylic acids is 2. The second-order valence-electron chi connectivity index (χ2n) is 7.35. The maximum atomic E-state index is 13.7. The number of carbonyl (C=O) groups is 2. The van der Waals surface area contributed by atoms with Crippen LogP contribution in [0.3, 0.4) is 0 Å². The van der Waals surface area contributed by atoms with E-state index in [9.17, 15) is 9.59 Å². The Labute approximate surface area is 185 Å². The predicted molar refractivity (Wildman–Crippen MR) is 119 cm³/mol. The summed E-state index contributed by atoms with van der Waals surface area (Å²) < 4.78 is 5.53. The summed E-state index contributed by atoms with van der Waals surface area (Å²) in [4.78, 5) is 37.7. The maximum absolute atomic E-state index is 13.7. The Bertz CT molecular complexity index is 1020. The van der Waals surface area contributed by atoms with Crippen molar-refractivity contribution in [2.45, 2.75) is 37.8 Å². The van der Waals surface area contributed by atoms with Crippen LogP contribution < -0.4 is 15.0 Å². The molecule has 1 aliphatic rings. The van der Waals surface area contributed by atoms with Gasteiger partial charge in [-0.25, -0.2) is 4.98 Å². The molecule has 1 N–H and O–H groups in total. The number of hydrogen-bond donors (Lipinski definition) is 1. The highest BCUT2D eigenvalue weighted by atomic mass is 32.1. The van der Waals surface area contributed by atoms with Gasteiger partial charge in [-0.05, 0) is 36.4 Å². The van der Waals surface area contributed by atoms with Crippen LogP contribution in [0.1, 0.15) is 47.1 Å². The van der Waals surface area contributed by atoms with Crippen molar-refractivity contribution >= 4 is 28.8 Å². The van der Waals surface area contributed by atoms with Crippen molar-refractivity contribution in [2.24, 2.45) is 0 Å². The van der Waals surface area contributed by atoms with E-state index in [0.717, 1.165) is 30.6 Å². The maximum Gasteiger partial charge on any atom is 0.279 e. The molecule has 0 aliphatic heterocycles. The largest absolute Gasteiger partial charge is 0.495 e. The van der Waals surface area contributed by atoms with E-state index in [-0.39, 0.29) is 17.6 Å². The number of amides is 2. The van der Waals surface area contributed by atoms with Gasteiger partial charge < -0.3 is 10.1 Å². The standard InChI is InChI=1S/C23H24N4O3S/c1-30-19-10-5-4-9-18(19)27(23(29)17-15-24-12-13-25-17)21(20-11-6-14-31-20)22(28)26-16-7-2-3-8-16/h4-6,9-16,21H,2-3,7-8H2,1H3,(H,26,28). The minimum Gasteiger partial charge on any atom is -0.495 e. The molecule has 2 heterocycles. The molecule has 8 heteroatoms. The Balaban J connectivity index is 1.81. The predicted octanol–water partition coefficient (Wildman–Crippen LogP) is 3.99. The Hall–Kier alpha value is -3.26. The van der Waals surface area contributed by atoms with Crippen molar-refractivity contribution in [3.05, 3.63) is 70.9 Å². The third-order valence-corrected chi connectivity index (χ3v) is 6.29. The van der Waals surface area contributed by atoms with Crippen molar-refractivity contribution < 1.29 is 14.3 Å². The molecule has 2 amide bonds. The molecule has 31 heavy (non-hydrogen) atoms. The van der Waals surface area contributed by atoms with Crippen LogP contribution >= 0.6 is 11.3 Å². The lowest BCUT2D eigenvalue weighted by molar-refractivity contribution is -0.123. The Kier molecular flexibility index (Phi) is 6.57. The van der Waals surface area contributed by atoms with Gasteiger partial charge in [-0.1, -0.05) is 31.0 Å². The highest BCUT2D eigenvalue weighted by Gasteiger charge is 2.37. The lowest BCUT2D eigenvalue weighted by Gasteiger charge is -2.32. The fraction of sp³-hybridized carbons (Fsp3) is 0.304. The number of para-hydroxylation sites is 2. The summed E-state index contributed by atoms with van der Waals surface area (Å²) in [6.45, 7) is 0. The van der Waals surface area contributed by atoms with Gasteiger partial charge in [0.25, 0.3) is 5.91 Å². The minimum atomic E-state index is -0.855.